The first-order valence-corrected chi connectivity index (χ1v) is 7.39. The number of nitrogens with two attached hydrogens (primary N) is 1. The molecule has 0 aliphatic carbocycles. The minimum absolute atomic E-state index is 0.0610. The number of carbonyl (C=O) groups is 1. The highest BCUT2D eigenvalue weighted by Crippen LogP contribution is 2.25. The average Bonchev–Trinajstić information content (AvgIpc) is 2.41. The minimum atomic E-state index is -0.211. The minimum Gasteiger partial charge on any atom is -0.399 e. The van der Waals surface area contributed by atoms with Gasteiger partial charge in [0.2, 0.25) is 5.91 Å². The summed E-state index contributed by atoms with van der Waals surface area (Å²) in [7, 11) is 0. The topological polar surface area (TPSA) is 55.1 Å². The fourth-order valence-corrected chi connectivity index (χ4v) is 2.67. The van der Waals surface area contributed by atoms with Crippen molar-refractivity contribution in [1.29, 1.82) is 0 Å². The third-order valence-electron chi connectivity index (χ3n) is 2.65. The molecule has 0 unspecified atom stereocenters. The van der Waals surface area contributed by atoms with Gasteiger partial charge in [-0.15, -0.1) is 11.8 Å². The number of amides is 1. The van der Waals surface area contributed by atoms with Crippen LogP contribution in [0, 0.1) is 0 Å². The zero-order chi connectivity index (χ0) is 14.5. The molecule has 0 radical (unpaired) electrons. The second-order valence-electron chi connectivity index (χ2n) is 4.33. The van der Waals surface area contributed by atoms with Gasteiger partial charge in [-0.3, -0.25) is 4.79 Å². The van der Waals surface area contributed by atoms with Crippen molar-refractivity contribution < 1.29 is 4.79 Å². The summed E-state index contributed by atoms with van der Waals surface area (Å²) in [4.78, 5) is 13.1. The van der Waals surface area contributed by atoms with E-state index in [4.69, 9.17) is 17.3 Å². The lowest BCUT2D eigenvalue weighted by Gasteiger charge is -2.12. The zero-order valence-corrected chi connectivity index (χ0v) is 12.5. The van der Waals surface area contributed by atoms with Gasteiger partial charge in [0.25, 0.3) is 0 Å². The number of rotatable bonds is 4. The fraction of sp³-hybridized carbons (Fsp3) is 0.133. The van der Waals surface area contributed by atoms with Crippen LogP contribution in [0.15, 0.2) is 53.4 Å². The number of carbonyl (C=O) groups excluding carboxylic acids is 1. The van der Waals surface area contributed by atoms with Crippen molar-refractivity contribution in [2.45, 2.75) is 17.1 Å². The zero-order valence-electron chi connectivity index (χ0n) is 11.0. The smallest absolute Gasteiger partial charge is 0.237 e. The average molecular weight is 307 g/mol. The molecule has 1 atom stereocenters. The second-order valence-corrected chi connectivity index (χ2v) is 6.18. The van der Waals surface area contributed by atoms with Crippen LogP contribution in [-0.2, 0) is 4.79 Å². The van der Waals surface area contributed by atoms with E-state index >= 15 is 0 Å². The van der Waals surface area contributed by atoms with E-state index in [1.54, 1.807) is 18.2 Å². The summed E-state index contributed by atoms with van der Waals surface area (Å²) in [5.41, 5.74) is 7.05. The molecule has 2 rings (SSSR count). The van der Waals surface area contributed by atoms with Crippen LogP contribution in [0.4, 0.5) is 11.4 Å². The number of hydrogen-bond acceptors (Lipinski definition) is 3. The van der Waals surface area contributed by atoms with Crippen LogP contribution in [0.25, 0.3) is 0 Å². The third kappa shape index (κ3) is 4.18. The van der Waals surface area contributed by atoms with E-state index in [9.17, 15) is 4.79 Å². The van der Waals surface area contributed by atoms with Gasteiger partial charge in [-0.1, -0.05) is 17.7 Å². The summed E-state index contributed by atoms with van der Waals surface area (Å²) in [5, 5.41) is 3.23. The quantitative estimate of drug-likeness (QED) is 0.662. The standard InChI is InChI=1S/C15H15ClN2OS/c1-10(20-14-7-5-12(17)6-8-14)15(19)18-13-4-2-3-11(16)9-13/h2-10H,17H2,1H3,(H,18,19)/t10-/m1/s1. The van der Waals surface area contributed by atoms with E-state index in [1.807, 2.05) is 37.3 Å². The summed E-state index contributed by atoms with van der Waals surface area (Å²) in [6.45, 7) is 1.86. The lowest BCUT2D eigenvalue weighted by atomic mass is 10.3. The SMILES string of the molecule is C[C@@H](Sc1ccc(N)cc1)C(=O)Nc1cccc(Cl)c1. The Kier molecular flexibility index (Phi) is 4.93. The molecule has 2 aromatic carbocycles. The van der Waals surface area contributed by atoms with Crippen molar-refractivity contribution in [3.63, 3.8) is 0 Å². The van der Waals surface area contributed by atoms with Crippen LogP contribution < -0.4 is 11.1 Å². The molecule has 0 bridgehead atoms. The number of thioether (sulfide) groups is 1. The van der Waals surface area contributed by atoms with E-state index in [1.165, 1.54) is 11.8 Å². The van der Waals surface area contributed by atoms with E-state index in [0.717, 1.165) is 4.90 Å². The van der Waals surface area contributed by atoms with Crippen molar-refractivity contribution in [2.24, 2.45) is 0 Å². The van der Waals surface area contributed by atoms with E-state index < -0.39 is 0 Å². The van der Waals surface area contributed by atoms with Crippen LogP contribution in [0.2, 0.25) is 5.02 Å². The molecule has 104 valence electrons. The monoisotopic (exact) mass is 306 g/mol. The highest BCUT2D eigenvalue weighted by Gasteiger charge is 2.14. The van der Waals surface area contributed by atoms with Crippen molar-refractivity contribution in [3.8, 4) is 0 Å². The number of nitrogen functional groups attached to an aromatic ring is 1. The van der Waals surface area contributed by atoms with Gasteiger partial charge in [0.1, 0.15) is 0 Å². The number of nitrogens with one attached hydrogen (secondary N) is 1. The molecule has 5 heteroatoms. The number of benzene rings is 2. The van der Waals surface area contributed by atoms with Crippen molar-refractivity contribution in [2.75, 3.05) is 11.1 Å². The van der Waals surface area contributed by atoms with E-state index in [2.05, 4.69) is 5.32 Å². The van der Waals surface area contributed by atoms with Gasteiger partial charge in [0.15, 0.2) is 0 Å². The third-order valence-corrected chi connectivity index (χ3v) is 4.00. The summed E-state index contributed by atoms with van der Waals surface area (Å²) in [6, 6.07) is 14.6. The van der Waals surface area contributed by atoms with Gasteiger partial charge in [0, 0.05) is 21.3 Å². The highest BCUT2D eigenvalue weighted by molar-refractivity contribution is 8.00. The Morgan fingerprint density at radius 3 is 2.60 bits per heavy atom. The fourth-order valence-electron chi connectivity index (χ4n) is 1.61. The van der Waals surface area contributed by atoms with Gasteiger partial charge >= 0.3 is 0 Å². The molecule has 3 N–H and O–H groups in total. The molecule has 1 amide bonds. The molecule has 2 aromatic rings. The molecule has 0 aliphatic rings. The largest absolute Gasteiger partial charge is 0.399 e. The number of anilines is 2. The number of halogens is 1. The normalized spacial score (nSPS) is 11.9. The first-order chi connectivity index (χ1) is 9.54. The summed E-state index contributed by atoms with van der Waals surface area (Å²) in [6.07, 6.45) is 0. The van der Waals surface area contributed by atoms with Crippen molar-refractivity contribution >= 4 is 40.6 Å². The van der Waals surface area contributed by atoms with E-state index in [-0.39, 0.29) is 11.2 Å². The van der Waals surface area contributed by atoms with Gasteiger partial charge in [-0.05, 0) is 49.4 Å². The summed E-state index contributed by atoms with van der Waals surface area (Å²) >= 11 is 7.37. The summed E-state index contributed by atoms with van der Waals surface area (Å²) in [5.74, 6) is -0.0610. The van der Waals surface area contributed by atoms with Gasteiger partial charge in [0.05, 0.1) is 5.25 Å². The lowest BCUT2D eigenvalue weighted by molar-refractivity contribution is -0.115. The maximum absolute atomic E-state index is 12.1. The van der Waals surface area contributed by atoms with Crippen molar-refractivity contribution in [3.05, 3.63) is 53.6 Å². The Labute approximate surface area is 127 Å². The maximum Gasteiger partial charge on any atom is 0.237 e. The predicted molar refractivity (Wildman–Crippen MR) is 86.3 cm³/mol. The maximum atomic E-state index is 12.1. The highest BCUT2D eigenvalue weighted by atomic mass is 35.5. The molecule has 0 heterocycles. The van der Waals surface area contributed by atoms with Gasteiger partial charge < -0.3 is 11.1 Å². The molecular weight excluding hydrogens is 292 g/mol. The Balaban J connectivity index is 1.96. The van der Waals surface area contributed by atoms with Crippen LogP contribution >= 0.6 is 23.4 Å². The molecule has 3 nitrogen and oxygen atoms in total. The molecule has 0 fully saturated rings. The Bertz CT molecular complexity index is 601. The van der Waals surface area contributed by atoms with Gasteiger partial charge in [-0.2, -0.15) is 0 Å². The lowest BCUT2D eigenvalue weighted by Crippen LogP contribution is -2.22. The van der Waals surface area contributed by atoms with Crippen LogP contribution in [-0.4, -0.2) is 11.2 Å². The molecule has 0 saturated carbocycles. The number of hydrogen-bond donors (Lipinski definition) is 2. The summed E-state index contributed by atoms with van der Waals surface area (Å²) < 4.78 is 0. The second kappa shape index (κ2) is 6.68. The Morgan fingerprint density at radius 2 is 1.95 bits per heavy atom. The molecule has 0 saturated heterocycles. The first-order valence-electron chi connectivity index (χ1n) is 6.13. The van der Waals surface area contributed by atoms with Crippen LogP contribution in [0.5, 0.6) is 0 Å². The molecule has 0 aromatic heterocycles. The Morgan fingerprint density at radius 1 is 1.25 bits per heavy atom. The first kappa shape index (κ1) is 14.8. The molecule has 0 spiro atoms. The van der Waals surface area contributed by atoms with Crippen molar-refractivity contribution in [1.82, 2.24) is 0 Å². The molecule has 20 heavy (non-hydrogen) atoms. The van der Waals surface area contributed by atoms with Crippen LogP contribution in [0.3, 0.4) is 0 Å². The van der Waals surface area contributed by atoms with Crippen LogP contribution in [0.1, 0.15) is 6.92 Å². The Hall–Kier alpha value is -1.65. The molecular formula is C15H15ClN2OS. The predicted octanol–water partition coefficient (Wildman–Crippen LogP) is 4.04. The van der Waals surface area contributed by atoms with Gasteiger partial charge in [-0.25, -0.2) is 0 Å². The molecule has 0 aliphatic heterocycles. The van der Waals surface area contributed by atoms with E-state index in [0.29, 0.717) is 16.4 Å².